The van der Waals surface area contributed by atoms with Gasteiger partial charge in [-0.1, -0.05) is 0 Å². The molecule has 0 fully saturated rings. The van der Waals surface area contributed by atoms with Gasteiger partial charge in [-0.25, -0.2) is 14.4 Å². The predicted octanol–water partition coefficient (Wildman–Crippen LogP) is 2.43. The van der Waals surface area contributed by atoms with Crippen LogP contribution in [0.25, 0.3) is 0 Å². The predicted molar refractivity (Wildman–Crippen MR) is 70.2 cm³/mol. The zero-order valence-corrected chi connectivity index (χ0v) is 11.3. The molecule has 7 heteroatoms. The van der Waals surface area contributed by atoms with Gasteiger partial charge in [0.05, 0.1) is 11.1 Å². The van der Waals surface area contributed by atoms with Crippen molar-refractivity contribution in [1.29, 1.82) is 0 Å². The number of hydrogen-bond donors (Lipinski definition) is 3. The number of carboxylic acid groups (broad SMARTS) is 2. The van der Waals surface area contributed by atoms with Crippen LogP contribution in [-0.2, 0) is 4.74 Å². The van der Waals surface area contributed by atoms with Crippen molar-refractivity contribution >= 4 is 23.7 Å². The summed E-state index contributed by atoms with van der Waals surface area (Å²) in [6, 6.07) is 3.47. The number of rotatable bonds is 3. The minimum atomic E-state index is -1.39. The zero-order chi connectivity index (χ0) is 15.5. The van der Waals surface area contributed by atoms with Gasteiger partial charge in [0.2, 0.25) is 0 Å². The van der Waals surface area contributed by atoms with Crippen LogP contribution in [0.2, 0.25) is 0 Å². The molecular formula is C13H15NO6. The van der Waals surface area contributed by atoms with E-state index in [4.69, 9.17) is 14.9 Å². The first-order chi connectivity index (χ1) is 9.10. The van der Waals surface area contributed by atoms with Gasteiger partial charge in [-0.15, -0.1) is 0 Å². The fourth-order valence-electron chi connectivity index (χ4n) is 1.41. The van der Waals surface area contributed by atoms with E-state index in [2.05, 4.69) is 5.32 Å². The molecule has 0 atom stereocenters. The number of benzene rings is 1. The number of hydrogen-bond acceptors (Lipinski definition) is 4. The molecule has 0 unspecified atom stereocenters. The molecule has 1 amide bonds. The van der Waals surface area contributed by atoms with E-state index in [0.717, 1.165) is 12.1 Å². The van der Waals surface area contributed by atoms with Crippen molar-refractivity contribution in [3.05, 3.63) is 29.3 Å². The summed E-state index contributed by atoms with van der Waals surface area (Å²) in [7, 11) is 0. The number of amides is 1. The lowest BCUT2D eigenvalue weighted by molar-refractivity contribution is 0.0632. The van der Waals surface area contributed by atoms with Crippen molar-refractivity contribution < 1.29 is 29.3 Å². The lowest BCUT2D eigenvalue weighted by atomic mass is 10.1. The summed E-state index contributed by atoms with van der Waals surface area (Å²) >= 11 is 0. The van der Waals surface area contributed by atoms with Crippen molar-refractivity contribution in [3.8, 4) is 0 Å². The number of carboxylic acids is 2. The molecule has 0 aliphatic heterocycles. The molecule has 1 rings (SSSR count). The van der Waals surface area contributed by atoms with Crippen molar-refractivity contribution in [2.45, 2.75) is 26.4 Å². The summed E-state index contributed by atoms with van der Waals surface area (Å²) in [4.78, 5) is 33.4. The Morgan fingerprint density at radius 2 is 1.60 bits per heavy atom. The molecular weight excluding hydrogens is 266 g/mol. The lowest BCUT2D eigenvalue weighted by Gasteiger charge is -2.19. The van der Waals surface area contributed by atoms with Crippen molar-refractivity contribution in [2.75, 3.05) is 5.32 Å². The third-order valence-corrected chi connectivity index (χ3v) is 2.13. The molecule has 7 nitrogen and oxygen atoms in total. The molecule has 20 heavy (non-hydrogen) atoms. The molecule has 108 valence electrons. The number of carbonyl (C=O) groups excluding carboxylic acids is 1. The lowest BCUT2D eigenvalue weighted by Crippen LogP contribution is -2.27. The Kier molecular flexibility index (Phi) is 4.34. The highest BCUT2D eigenvalue weighted by atomic mass is 16.6. The smallest absolute Gasteiger partial charge is 0.412 e. The maximum atomic E-state index is 11.5. The van der Waals surface area contributed by atoms with Gasteiger partial charge in [-0.05, 0) is 39.0 Å². The second-order valence-electron chi connectivity index (χ2n) is 5.00. The summed E-state index contributed by atoms with van der Waals surface area (Å²) in [5, 5.41) is 20.2. The largest absolute Gasteiger partial charge is 0.478 e. The summed E-state index contributed by atoms with van der Waals surface area (Å²) in [6.45, 7) is 5.05. The monoisotopic (exact) mass is 281 g/mol. The van der Waals surface area contributed by atoms with Crippen LogP contribution >= 0.6 is 0 Å². The number of ether oxygens (including phenoxy) is 1. The molecule has 0 aliphatic rings. The quantitative estimate of drug-likeness (QED) is 0.784. The highest BCUT2D eigenvalue weighted by Gasteiger charge is 2.19. The van der Waals surface area contributed by atoms with Crippen LogP contribution in [0.1, 0.15) is 41.5 Å². The number of aromatic carboxylic acids is 2. The molecule has 3 N–H and O–H groups in total. The van der Waals surface area contributed by atoms with Gasteiger partial charge in [0.25, 0.3) is 0 Å². The van der Waals surface area contributed by atoms with Crippen LogP contribution < -0.4 is 5.32 Å². The van der Waals surface area contributed by atoms with Gasteiger partial charge < -0.3 is 14.9 Å². The first-order valence-electron chi connectivity index (χ1n) is 5.71. The van der Waals surface area contributed by atoms with E-state index in [1.165, 1.54) is 6.07 Å². The van der Waals surface area contributed by atoms with Crippen molar-refractivity contribution in [2.24, 2.45) is 0 Å². The second kappa shape index (κ2) is 5.60. The Morgan fingerprint density at radius 1 is 1.05 bits per heavy atom. The molecule has 0 saturated carbocycles. The number of carbonyl (C=O) groups is 3. The van der Waals surface area contributed by atoms with E-state index in [1.807, 2.05) is 0 Å². The summed E-state index contributed by atoms with van der Waals surface area (Å²) < 4.78 is 5.01. The SMILES string of the molecule is CC(C)(C)OC(=O)Nc1ccc(C(=O)O)c(C(=O)O)c1. The molecule has 1 aromatic carbocycles. The second-order valence-corrected chi connectivity index (χ2v) is 5.00. The van der Waals surface area contributed by atoms with Crippen LogP contribution in [0.3, 0.4) is 0 Å². The van der Waals surface area contributed by atoms with E-state index in [0.29, 0.717) is 0 Å². The third kappa shape index (κ3) is 4.27. The van der Waals surface area contributed by atoms with E-state index in [-0.39, 0.29) is 11.3 Å². The first-order valence-corrected chi connectivity index (χ1v) is 5.71. The van der Waals surface area contributed by atoms with Crippen LogP contribution in [0.4, 0.5) is 10.5 Å². The fourth-order valence-corrected chi connectivity index (χ4v) is 1.41. The molecule has 0 bridgehead atoms. The molecule has 0 spiro atoms. The van der Waals surface area contributed by atoms with E-state index < -0.39 is 29.2 Å². The molecule has 0 saturated heterocycles. The molecule has 0 aromatic heterocycles. The van der Waals surface area contributed by atoms with Gasteiger partial charge in [-0.3, -0.25) is 5.32 Å². The average Bonchev–Trinajstić information content (AvgIpc) is 2.25. The van der Waals surface area contributed by atoms with Crippen molar-refractivity contribution in [3.63, 3.8) is 0 Å². The third-order valence-electron chi connectivity index (χ3n) is 2.13. The Labute approximate surface area is 115 Å². The fraction of sp³-hybridized carbons (Fsp3) is 0.308. The molecule has 0 radical (unpaired) electrons. The van der Waals surface area contributed by atoms with Gasteiger partial charge in [0.15, 0.2) is 0 Å². The Hall–Kier alpha value is -2.57. The van der Waals surface area contributed by atoms with E-state index in [1.54, 1.807) is 20.8 Å². The Balaban J connectivity index is 2.99. The Morgan fingerprint density at radius 3 is 2.05 bits per heavy atom. The number of anilines is 1. The van der Waals surface area contributed by atoms with Gasteiger partial charge in [-0.2, -0.15) is 0 Å². The zero-order valence-electron chi connectivity index (χ0n) is 11.3. The van der Waals surface area contributed by atoms with Crippen LogP contribution in [0.5, 0.6) is 0 Å². The summed E-state index contributed by atoms with van der Waals surface area (Å²) in [6.07, 6.45) is -0.753. The van der Waals surface area contributed by atoms with Gasteiger partial charge in [0.1, 0.15) is 5.60 Å². The molecule has 0 aliphatic carbocycles. The van der Waals surface area contributed by atoms with Crippen molar-refractivity contribution in [1.82, 2.24) is 0 Å². The maximum absolute atomic E-state index is 11.5. The summed E-state index contributed by atoms with van der Waals surface area (Å²) in [5.41, 5.74) is -1.32. The minimum absolute atomic E-state index is 0.140. The standard InChI is InChI=1S/C13H15NO6/c1-13(2,3)20-12(19)14-7-4-5-8(10(15)16)9(6-7)11(17)18/h4-6H,1-3H3,(H,14,19)(H,15,16)(H,17,18). The maximum Gasteiger partial charge on any atom is 0.412 e. The van der Waals surface area contributed by atoms with Gasteiger partial charge >= 0.3 is 18.0 Å². The normalized spacial score (nSPS) is 10.8. The first kappa shape index (κ1) is 15.5. The summed E-state index contributed by atoms with van der Waals surface area (Å²) in [5.74, 6) is -2.75. The van der Waals surface area contributed by atoms with Crippen LogP contribution in [0, 0.1) is 0 Å². The topological polar surface area (TPSA) is 113 Å². The van der Waals surface area contributed by atoms with Crippen LogP contribution in [0.15, 0.2) is 18.2 Å². The molecule has 0 heterocycles. The van der Waals surface area contributed by atoms with E-state index in [9.17, 15) is 14.4 Å². The highest BCUT2D eigenvalue weighted by molar-refractivity contribution is 6.03. The highest BCUT2D eigenvalue weighted by Crippen LogP contribution is 2.17. The van der Waals surface area contributed by atoms with Gasteiger partial charge in [0, 0.05) is 5.69 Å². The minimum Gasteiger partial charge on any atom is -0.478 e. The molecule has 1 aromatic rings. The van der Waals surface area contributed by atoms with Crippen LogP contribution in [-0.4, -0.2) is 33.8 Å². The Bertz CT molecular complexity index is 558. The average molecular weight is 281 g/mol. The van der Waals surface area contributed by atoms with E-state index >= 15 is 0 Å². The number of nitrogens with one attached hydrogen (secondary N) is 1.